The molecular formula is C40H44B2O4. The van der Waals surface area contributed by atoms with Gasteiger partial charge in [0, 0.05) is 0 Å². The predicted molar refractivity (Wildman–Crippen MR) is 189 cm³/mol. The summed E-state index contributed by atoms with van der Waals surface area (Å²) in [4.78, 5) is 0. The number of rotatable bonds is 4. The van der Waals surface area contributed by atoms with E-state index in [1.807, 2.05) is 0 Å². The lowest BCUT2D eigenvalue weighted by molar-refractivity contribution is 0.00578. The van der Waals surface area contributed by atoms with Crippen LogP contribution in [0.25, 0.3) is 33.4 Å². The lowest BCUT2D eigenvalue weighted by Gasteiger charge is -2.32. The normalized spacial score (nSPS) is 21.4. The van der Waals surface area contributed by atoms with Crippen LogP contribution in [0.4, 0.5) is 0 Å². The highest BCUT2D eigenvalue weighted by molar-refractivity contribution is 6.62. The number of hydrogen-bond donors (Lipinski definition) is 0. The quantitative estimate of drug-likeness (QED) is 0.225. The van der Waals surface area contributed by atoms with Crippen molar-refractivity contribution in [3.05, 3.63) is 95.1 Å². The number of hydrogen-bond acceptors (Lipinski definition) is 4. The van der Waals surface area contributed by atoms with Gasteiger partial charge in [0.2, 0.25) is 0 Å². The minimum Gasteiger partial charge on any atom is -0.399 e. The molecule has 2 heterocycles. The van der Waals surface area contributed by atoms with E-state index in [1.54, 1.807) is 0 Å². The predicted octanol–water partition coefficient (Wildman–Crippen LogP) is 7.48. The monoisotopic (exact) mass is 610 g/mol. The van der Waals surface area contributed by atoms with Gasteiger partial charge >= 0.3 is 14.2 Å². The molecule has 2 aliphatic carbocycles. The van der Waals surface area contributed by atoms with Gasteiger partial charge in [0.05, 0.1) is 22.4 Å². The minimum atomic E-state index is -0.340. The Kier molecular flexibility index (Phi) is 6.68. The van der Waals surface area contributed by atoms with E-state index < -0.39 is 0 Å². The van der Waals surface area contributed by atoms with Crippen molar-refractivity contribution in [2.24, 2.45) is 0 Å². The molecule has 0 N–H and O–H groups in total. The fourth-order valence-corrected chi connectivity index (χ4v) is 7.46. The summed E-state index contributed by atoms with van der Waals surface area (Å²) in [5.41, 5.74) is 14.8. The molecule has 4 nitrogen and oxygen atoms in total. The molecule has 2 fully saturated rings. The minimum absolute atomic E-state index is 0.336. The third kappa shape index (κ3) is 4.75. The van der Waals surface area contributed by atoms with E-state index in [4.69, 9.17) is 18.6 Å². The molecule has 0 aromatic heterocycles. The molecule has 4 aliphatic rings. The molecule has 0 radical (unpaired) electrons. The summed E-state index contributed by atoms with van der Waals surface area (Å²) >= 11 is 0. The Balaban J connectivity index is 1.06. The summed E-state index contributed by atoms with van der Waals surface area (Å²) in [7, 11) is -0.673. The Morgan fingerprint density at radius 2 is 0.652 bits per heavy atom. The zero-order valence-electron chi connectivity index (χ0n) is 28.5. The zero-order valence-corrected chi connectivity index (χ0v) is 28.5. The molecule has 46 heavy (non-hydrogen) atoms. The van der Waals surface area contributed by atoms with E-state index in [0.29, 0.717) is 0 Å². The molecule has 0 saturated carbocycles. The molecular weight excluding hydrogens is 566 g/mol. The first kappa shape index (κ1) is 30.2. The van der Waals surface area contributed by atoms with Crippen LogP contribution in [-0.4, -0.2) is 36.6 Å². The van der Waals surface area contributed by atoms with Gasteiger partial charge in [-0.25, -0.2) is 0 Å². The standard InChI is InChI=1S/C40H44B2O4/c1-37(2)38(3,4)44-41(43-37)33-17-13-25(14-18-33)31-21-27-9-11-29-23-32(24-30-12-10-28(22-31)35(27)36(29)30)26-15-19-34(20-16-26)42-45-39(5,6)40(7,8)46-42/h13-24H,9-12H2,1-8H3. The van der Waals surface area contributed by atoms with E-state index in [-0.39, 0.29) is 36.6 Å². The molecule has 6 heteroatoms. The Morgan fingerprint density at radius 1 is 0.391 bits per heavy atom. The second-order valence-electron chi connectivity index (χ2n) is 15.8. The van der Waals surface area contributed by atoms with Crippen LogP contribution < -0.4 is 10.9 Å². The Morgan fingerprint density at radius 3 is 0.913 bits per heavy atom. The van der Waals surface area contributed by atoms with Gasteiger partial charge in [-0.05, 0) is 148 Å². The molecule has 8 rings (SSSR count). The highest BCUT2D eigenvalue weighted by Crippen LogP contribution is 2.46. The molecule has 0 atom stereocenters. The van der Waals surface area contributed by atoms with Crippen molar-refractivity contribution in [2.75, 3.05) is 0 Å². The summed E-state index contributed by atoms with van der Waals surface area (Å²) in [6, 6.07) is 27.3. The molecule has 0 unspecified atom stereocenters. The SMILES string of the molecule is CC1(C)OB(c2ccc(-c3cc4c5c(c3)CCc3cc(-c6ccc(B7OC(C)(C)C(C)(C)O7)cc6)cc(c3-5)CC4)cc2)OC1(C)C. The van der Waals surface area contributed by atoms with Gasteiger partial charge in [-0.15, -0.1) is 0 Å². The molecule has 0 bridgehead atoms. The largest absolute Gasteiger partial charge is 0.494 e. The van der Waals surface area contributed by atoms with Crippen LogP contribution in [0.1, 0.15) is 77.6 Å². The van der Waals surface area contributed by atoms with E-state index in [0.717, 1.165) is 36.6 Å². The van der Waals surface area contributed by atoms with Gasteiger partial charge in [-0.1, -0.05) is 72.8 Å². The van der Waals surface area contributed by atoms with Gasteiger partial charge < -0.3 is 18.6 Å². The molecule has 2 saturated heterocycles. The highest BCUT2D eigenvalue weighted by Gasteiger charge is 2.52. The van der Waals surface area contributed by atoms with Crippen molar-refractivity contribution in [2.45, 2.75) is 103 Å². The van der Waals surface area contributed by atoms with E-state index in [9.17, 15) is 0 Å². The van der Waals surface area contributed by atoms with Crippen molar-refractivity contribution in [3.8, 4) is 33.4 Å². The lowest BCUT2D eigenvalue weighted by atomic mass is 9.73. The molecule has 2 aliphatic heterocycles. The third-order valence-corrected chi connectivity index (χ3v) is 11.7. The molecule has 4 aromatic carbocycles. The lowest BCUT2D eigenvalue weighted by Crippen LogP contribution is -2.41. The maximum Gasteiger partial charge on any atom is 0.494 e. The summed E-state index contributed by atoms with van der Waals surface area (Å²) in [5.74, 6) is 0. The van der Waals surface area contributed by atoms with Gasteiger partial charge in [0.1, 0.15) is 0 Å². The number of benzene rings is 4. The van der Waals surface area contributed by atoms with Gasteiger partial charge in [-0.3, -0.25) is 0 Å². The zero-order chi connectivity index (χ0) is 32.2. The summed E-state index contributed by atoms with van der Waals surface area (Å²) in [6.07, 6.45) is 4.27. The summed E-state index contributed by atoms with van der Waals surface area (Å²) in [5, 5.41) is 0. The first-order valence-corrected chi connectivity index (χ1v) is 17.0. The van der Waals surface area contributed by atoms with Crippen molar-refractivity contribution in [1.82, 2.24) is 0 Å². The smallest absolute Gasteiger partial charge is 0.399 e. The maximum absolute atomic E-state index is 6.29. The fraction of sp³-hybridized carbons (Fsp3) is 0.400. The molecule has 4 aromatic rings. The van der Waals surface area contributed by atoms with E-state index in [1.165, 1.54) is 55.6 Å². The average Bonchev–Trinajstić information content (AvgIpc) is 3.38. The van der Waals surface area contributed by atoms with Gasteiger partial charge in [0.25, 0.3) is 0 Å². The summed E-state index contributed by atoms with van der Waals surface area (Å²) < 4.78 is 25.2. The molecule has 234 valence electrons. The van der Waals surface area contributed by atoms with Crippen LogP contribution >= 0.6 is 0 Å². The number of aryl methyl sites for hydroxylation is 4. The van der Waals surface area contributed by atoms with Crippen LogP contribution in [0.3, 0.4) is 0 Å². The van der Waals surface area contributed by atoms with Crippen molar-refractivity contribution in [1.29, 1.82) is 0 Å². The van der Waals surface area contributed by atoms with E-state index >= 15 is 0 Å². The van der Waals surface area contributed by atoms with Crippen molar-refractivity contribution < 1.29 is 18.6 Å². The second-order valence-corrected chi connectivity index (χ2v) is 15.8. The average molecular weight is 610 g/mol. The molecule has 0 spiro atoms. The third-order valence-electron chi connectivity index (χ3n) is 11.7. The van der Waals surface area contributed by atoms with Crippen LogP contribution in [-0.2, 0) is 44.3 Å². The summed E-state index contributed by atoms with van der Waals surface area (Å²) in [6.45, 7) is 16.8. The first-order chi connectivity index (χ1) is 21.7. The topological polar surface area (TPSA) is 36.9 Å². The van der Waals surface area contributed by atoms with Crippen molar-refractivity contribution >= 4 is 25.2 Å². The van der Waals surface area contributed by atoms with Gasteiger partial charge in [0.15, 0.2) is 0 Å². The first-order valence-electron chi connectivity index (χ1n) is 17.0. The fourth-order valence-electron chi connectivity index (χ4n) is 7.46. The Hall–Kier alpha value is -3.15. The van der Waals surface area contributed by atoms with Crippen LogP contribution in [0.5, 0.6) is 0 Å². The van der Waals surface area contributed by atoms with Crippen molar-refractivity contribution in [3.63, 3.8) is 0 Å². The van der Waals surface area contributed by atoms with Crippen LogP contribution in [0, 0.1) is 0 Å². The second kappa shape index (κ2) is 10.2. The van der Waals surface area contributed by atoms with Gasteiger partial charge in [-0.2, -0.15) is 0 Å². The van der Waals surface area contributed by atoms with Crippen LogP contribution in [0.15, 0.2) is 72.8 Å². The Labute approximate surface area is 275 Å². The van der Waals surface area contributed by atoms with Crippen LogP contribution in [0.2, 0.25) is 0 Å². The Bertz CT molecular complexity index is 1630. The maximum atomic E-state index is 6.29. The van der Waals surface area contributed by atoms with E-state index in [2.05, 4.69) is 128 Å². The highest BCUT2D eigenvalue weighted by atomic mass is 16.7. The molecule has 0 amide bonds.